The number of nitrogens with two attached hydrogens (primary N) is 1. The molecule has 0 amide bonds. The fourth-order valence-corrected chi connectivity index (χ4v) is 2.48. The smallest absolute Gasteiger partial charge is 0.0760 e. The van der Waals surface area contributed by atoms with E-state index >= 15 is 0 Å². The Hall–Kier alpha value is -1.35. The summed E-state index contributed by atoms with van der Waals surface area (Å²) >= 11 is 0. The molecule has 20 heavy (non-hydrogen) atoms. The number of aliphatic hydroxyl groups is 1. The van der Waals surface area contributed by atoms with E-state index in [2.05, 4.69) is 24.3 Å². The first kappa shape index (κ1) is 15.0. The summed E-state index contributed by atoms with van der Waals surface area (Å²) < 4.78 is 0. The second-order valence-corrected chi connectivity index (χ2v) is 5.35. The summed E-state index contributed by atoms with van der Waals surface area (Å²) in [5.74, 6) is 0.399. The average Bonchev–Trinajstić information content (AvgIpc) is 3.31. The molecule has 3 N–H and O–H groups in total. The topological polar surface area (TPSA) is 46.2 Å². The number of hydrogen-bond acceptors (Lipinski definition) is 2. The van der Waals surface area contributed by atoms with Crippen LogP contribution in [0.25, 0.3) is 11.1 Å². The van der Waals surface area contributed by atoms with Crippen LogP contribution in [0.1, 0.15) is 24.4 Å². The number of halogens is 1. The van der Waals surface area contributed by atoms with Crippen molar-refractivity contribution >= 4 is 12.4 Å². The van der Waals surface area contributed by atoms with Crippen LogP contribution in [-0.2, 0) is 0 Å². The minimum Gasteiger partial charge on any atom is -0.391 e. The van der Waals surface area contributed by atoms with Crippen LogP contribution in [-0.4, -0.2) is 11.2 Å². The molecule has 3 rings (SSSR count). The Labute approximate surface area is 126 Å². The van der Waals surface area contributed by atoms with Gasteiger partial charge in [-0.25, -0.2) is 0 Å². The SMILES string of the molecule is Cl.N[C@H](c1cccc(-c2ccccc2)c1)[C@@H](O)C1CC1. The molecule has 0 heterocycles. The number of aliphatic hydroxyl groups excluding tert-OH is 1. The zero-order valence-corrected chi connectivity index (χ0v) is 12.1. The quantitative estimate of drug-likeness (QED) is 0.904. The monoisotopic (exact) mass is 289 g/mol. The molecule has 0 radical (unpaired) electrons. The van der Waals surface area contributed by atoms with Crippen molar-refractivity contribution in [1.29, 1.82) is 0 Å². The van der Waals surface area contributed by atoms with Gasteiger partial charge in [0.25, 0.3) is 0 Å². The third kappa shape index (κ3) is 3.21. The van der Waals surface area contributed by atoms with Gasteiger partial charge in [-0.1, -0.05) is 48.5 Å². The van der Waals surface area contributed by atoms with Crippen molar-refractivity contribution in [3.8, 4) is 11.1 Å². The van der Waals surface area contributed by atoms with Crippen LogP contribution in [0.2, 0.25) is 0 Å². The Morgan fingerprint density at radius 1 is 0.950 bits per heavy atom. The molecule has 1 aliphatic rings. The van der Waals surface area contributed by atoms with Crippen LogP contribution in [0.4, 0.5) is 0 Å². The molecule has 0 aromatic heterocycles. The van der Waals surface area contributed by atoms with E-state index in [0.29, 0.717) is 5.92 Å². The third-order valence-corrected chi connectivity index (χ3v) is 3.85. The first-order valence-corrected chi connectivity index (χ1v) is 6.85. The molecule has 106 valence electrons. The molecule has 0 saturated heterocycles. The van der Waals surface area contributed by atoms with Gasteiger partial charge in [0, 0.05) is 0 Å². The Morgan fingerprint density at radius 2 is 1.60 bits per heavy atom. The van der Waals surface area contributed by atoms with Gasteiger partial charge in [-0.2, -0.15) is 0 Å². The molecule has 0 unspecified atom stereocenters. The van der Waals surface area contributed by atoms with Crippen LogP contribution in [0.3, 0.4) is 0 Å². The van der Waals surface area contributed by atoms with Gasteiger partial charge in [-0.15, -0.1) is 12.4 Å². The minimum absolute atomic E-state index is 0. The van der Waals surface area contributed by atoms with E-state index < -0.39 is 6.10 Å². The van der Waals surface area contributed by atoms with Gasteiger partial charge in [0.05, 0.1) is 12.1 Å². The van der Waals surface area contributed by atoms with E-state index in [1.165, 1.54) is 5.56 Å². The summed E-state index contributed by atoms with van der Waals surface area (Å²) in [6, 6.07) is 18.1. The standard InChI is InChI=1S/C17H19NO.ClH/c18-16(17(19)13-9-10-13)15-8-4-7-14(11-15)12-5-2-1-3-6-12;/h1-8,11,13,16-17,19H,9-10,18H2;1H/t16-,17+;/m1./s1. The molecule has 2 aromatic rings. The summed E-state index contributed by atoms with van der Waals surface area (Å²) in [6.45, 7) is 0. The van der Waals surface area contributed by atoms with Gasteiger partial charge >= 0.3 is 0 Å². The Kier molecular flexibility index (Phi) is 4.81. The van der Waals surface area contributed by atoms with E-state index in [0.717, 1.165) is 24.0 Å². The van der Waals surface area contributed by atoms with Gasteiger partial charge in [-0.3, -0.25) is 0 Å². The Bertz CT molecular complexity index is 554. The van der Waals surface area contributed by atoms with Crippen molar-refractivity contribution in [2.24, 2.45) is 11.7 Å². The van der Waals surface area contributed by atoms with Crippen LogP contribution in [0, 0.1) is 5.92 Å². The van der Waals surface area contributed by atoms with Crippen molar-refractivity contribution in [2.45, 2.75) is 25.0 Å². The largest absolute Gasteiger partial charge is 0.391 e. The van der Waals surface area contributed by atoms with Gasteiger partial charge in [0.15, 0.2) is 0 Å². The van der Waals surface area contributed by atoms with Crippen LogP contribution >= 0.6 is 12.4 Å². The van der Waals surface area contributed by atoms with Crippen LogP contribution in [0.5, 0.6) is 0 Å². The fraction of sp³-hybridized carbons (Fsp3) is 0.294. The second-order valence-electron chi connectivity index (χ2n) is 5.35. The predicted molar refractivity (Wildman–Crippen MR) is 84.8 cm³/mol. The highest BCUT2D eigenvalue weighted by Gasteiger charge is 2.34. The molecule has 3 heteroatoms. The van der Waals surface area contributed by atoms with Crippen molar-refractivity contribution in [2.75, 3.05) is 0 Å². The zero-order chi connectivity index (χ0) is 13.2. The predicted octanol–water partition coefficient (Wildman–Crippen LogP) is 3.55. The summed E-state index contributed by atoms with van der Waals surface area (Å²) in [6.07, 6.45) is 1.80. The van der Waals surface area contributed by atoms with Gasteiger partial charge in [0.2, 0.25) is 0 Å². The minimum atomic E-state index is -0.411. The summed E-state index contributed by atoms with van der Waals surface area (Å²) in [4.78, 5) is 0. The molecule has 1 fully saturated rings. The first-order valence-electron chi connectivity index (χ1n) is 6.85. The van der Waals surface area contributed by atoms with E-state index in [1.807, 2.05) is 30.3 Å². The maximum atomic E-state index is 10.1. The summed E-state index contributed by atoms with van der Waals surface area (Å²) in [5, 5.41) is 10.1. The molecule has 2 nitrogen and oxygen atoms in total. The van der Waals surface area contributed by atoms with Crippen molar-refractivity contribution in [3.63, 3.8) is 0 Å². The van der Waals surface area contributed by atoms with E-state index in [4.69, 9.17) is 5.73 Å². The first-order chi connectivity index (χ1) is 9.25. The zero-order valence-electron chi connectivity index (χ0n) is 11.3. The van der Waals surface area contributed by atoms with Gasteiger partial charge in [0.1, 0.15) is 0 Å². The average molecular weight is 290 g/mol. The molecular formula is C17H20ClNO. The number of hydrogen-bond donors (Lipinski definition) is 2. The lowest BCUT2D eigenvalue weighted by molar-refractivity contribution is 0.122. The molecule has 1 saturated carbocycles. The lowest BCUT2D eigenvalue weighted by Gasteiger charge is -2.19. The van der Waals surface area contributed by atoms with Gasteiger partial charge < -0.3 is 10.8 Å². The number of benzene rings is 2. The highest BCUT2D eigenvalue weighted by molar-refractivity contribution is 5.85. The highest BCUT2D eigenvalue weighted by Crippen LogP contribution is 2.37. The molecule has 2 aromatic carbocycles. The molecule has 2 atom stereocenters. The van der Waals surface area contributed by atoms with E-state index in [9.17, 15) is 5.11 Å². The number of rotatable bonds is 4. The second kappa shape index (κ2) is 6.40. The van der Waals surface area contributed by atoms with Crippen molar-refractivity contribution in [3.05, 3.63) is 60.2 Å². The van der Waals surface area contributed by atoms with E-state index in [-0.39, 0.29) is 18.4 Å². The van der Waals surface area contributed by atoms with Crippen molar-refractivity contribution < 1.29 is 5.11 Å². The third-order valence-electron chi connectivity index (χ3n) is 3.85. The molecule has 0 spiro atoms. The molecule has 0 aliphatic heterocycles. The normalized spacial score (nSPS) is 17.1. The highest BCUT2D eigenvalue weighted by atomic mass is 35.5. The summed E-state index contributed by atoms with van der Waals surface area (Å²) in [7, 11) is 0. The van der Waals surface area contributed by atoms with E-state index in [1.54, 1.807) is 0 Å². The van der Waals surface area contributed by atoms with Crippen LogP contribution < -0.4 is 5.73 Å². The van der Waals surface area contributed by atoms with Crippen molar-refractivity contribution in [1.82, 2.24) is 0 Å². The molecular weight excluding hydrogens is 270 g/mol. The maximum Gasteiger partial charge on any atom is 0.0760 e. The van der Waals surface area contributed by atoms with Crippen LogP contribution in [0.15, 0.2) is 54.6 Å². The lowest BCUT2D eigenvalue weighted by Crippen LogP contribution is -2.27. The summed E-state index contributed by atoms with van der Waals surface area (Å²) in [5.41, 5.74) is 9.52. The Balaban J connectivity index is 0.00000147. The maximum absolute atomic E-state index is 10.1. The molecule has 0 bridgehead atoms. The lowest BCUT2D eigenvalue weighted by atomic mass is 9.95. The van der Waals surface area contributed by atoms with Gasteiger partial charge in [-0.05, 0) is 41.5 Å². The Morgan fingerprint density at radius 3 is 2.25 bits per heavy atom. The molecule has 1 aliphatic carbocycles. The fourth-order valence-electron chi connectivity index (χ4n) is 2.48.